The second kappa shape index (κ2) is 4.25. The summed E-state index contributed by atoms with van der Waals surface area (Å²) in [6, 6.07) is 0. The first-order valence-electron chi connectivity index (χ1n) is 4.55. The number of rotatable bonds is 4. The molecule has 0 radical (unpaired) electrons. The van der Waals surface area contributed by atoms with Gasteiger partial charge in [-0.25, -0.2) is 0 Å². The van der Waals surface area contributed by atoms with E-state index in [1.807, 2.05) is 0 Å². The average Bonchev–Trinajstić information content (AvgIpc) is 1.94. The molecule has 0 bridgehead atoms. The summed E-state index contributed by atoms with van der Waals surface area (Å²) in [7, 11) is 1.67. The molecule has 0 heterocycles. The zero-order valence-electron chi connectivity index (χ0n) is 7.82. The Morgan fingerprint density at radius 1 is 1.46 bits per heavy atom. The maximum absolute atomic E-state index is 11.2. The minimum Gasteiger partial charge on any atom is -0.481 e. The highest BCUT2D eigenvalue weighted by Crippen LogP contribution is 2.26. The molecule has 0 aliphatic heterocycles. The van der Waals surface area contributed by atoms with Gasteiger partial charge in [-0.2, -0.15) is 0 Å². The van der Waals surface area contributed by atoms with E-state index in [2.05, 4.69) is 0 Å². The first-order valence-corrected chi connectivity index (χ1v) is 4.55. The Kier molecular flexibility index (Phi) is 3.28. The highest BCUT2D eigenvalue weighted by atomic mass is 16.4. The van der Waals surface area contributed by atoms with E-state index < -0.39 is 5.97 Å². The third-order valence-corrected chi connectivity index (χ3v) is 2.49. The van der Waals surface area contributed by atoms with Crippen molar-refractivity contribution in [2.24, 2.45) is 5.92 Å². The molecule has 1 aliphatic rings. The minimum atomic E-state index is -1.05. The van der Waals surface area contributed by atoms with Gasteiger partial charge in [-0.15, -0.1) is 0 Å². The molecule has 13 heavy (non-hydrogen) atoms. The normalized spacial score (nSPS) is 16.4. The van der Waals surface area contributed by atoms with Gasteiger partial charge in [0.05, 0.1) is 0 Å². The molecule has 1 aliphatic carbocycles. The van der Waals surface area contributed by atoms with Crippen molar-refractivity contribution < 1.29 is 14.7 Å². The Balaban J connectivity index is 2.24. The Bertz CT molecular complexity index is 211. The van der Waals surface area contributed by atoms with Crippen LogP contribution in [-0.2, 0) is 9.59 Å². The Morgan fingerprint density at radius 3 is 2.46 bits per heavy atom. The molecule has 1 fully saturated rings. The van der Waals surface area contributed by atoms with Gasteiger partial charge in [-0.05, 0) is 18.8 Å². The fraction of sp³-hybridized carbons (Fsp3) is 0.778. The molecule has 4 nitrogen and oxygen atoms in total. The Labute approximate surface area is 77.5 Å². The van der Waals surface area contributed by atoms with E-state index >= 15 is 0 Å². The summed E-state index contributed by atoms with van der Waals surface area (Å²) >= 11 is 0. The van der Waals surface area contributed by atoms with Gasteiger partial charge in [0.2, 0.25) is 5.91 Å². The molecular formula is C9H15NO3. The quantitative estimate of drug-likeness (QED) is 0.656. The highest BCUT2D eigenvalue weighted by molar-refractivity contribution is 5.93. The summed E-state index contributed by atoms with van der Waals surface area (Å²) < 4.78 is 0. The molecule has 0 aromatic heterocycles. The number of amides is 1. The maximum atomic E-state index is 11.2. The lowest BCUT2D eigenvalue weighted by Gasteiger charge is -2.29. The fourth-order valence-electron chi connectivity index (χ4n) is 1.43. The molecule has 0 atom stereocenters. The molecule has 1 saturated carbocycles. The monoisotopic (exact) mass is 185 g/mol. The van der Waals surface area contributed by atoms with Crippen molar-refractivity contribution in [1.82, 2.24) is 4.90 Å². The van der Waals surface area contributed by atoms with Crippen molar-refractivity contribution in [1.29, 1.82) is 0 Å². The van der Waals surface area contributed by atoms with Crippen molar-refractivity contribution in [3.05, 3.63) is 0 Å². The highest BCUT2D eigenvalue weighted by Gasteiger charge is 2.22. The van der Waals surface area contributed by atoms with Gasteiger partial charge in [0, 0.05) is 13.6 Å². The van der Waals surface area contributed by atoms with Crippen LogP contribution < -0.4 is 0 Å². The van der Waals surface area contributed by atoms with Gasteiger partial charge >= 0.3 is 5.97 Å². The zero-order chi connectivity index (χ0) is 9.84. The first kappa shape index (κ1) is 10.0. The predicted molar refractivity (Wildman–Crippen MR) is 47.2 cm³/mol. The maximum Gasteiger partial charge on any atom is 0.312 e. The first-order chi connectivity index (χ1) is 6.09. The number of carboxylic acid groups (broad SMARTS) is 1. The molecule has 0 unspecified atom stereocenters. The average molecular weight is 185 g/mol. The van der Waals surface area contributed by atoms with Crippen LogP contribution in [0.4, 0.5) is 0 Å². The topological polar surface area (TPSA) is 57.6 Å². The van der Waals surface area contributed by atoms with Crippen molar-refractivity contribution in [2.75, 3.05) is 13.6 Å². The van der Waals surface area contributed by atoms with Gasteiger partial charge < -0.3 is 10.0 Å². The van der Waals surface area contributed by atoms with Crippen LogP contribution in [0.2, 0.25) is 0 Å². The van der Waals surface area contributed by atoms with E-state index in [1.165, 1.54) is 24.2 Å². The number of hydrogen-bond acceptors (Lipinski definition) is 2. The van der Waals surface area contributed by atoms with E-state index in [0.29, 0.717) is 12.5 Å². The number of aliphatic carboxylic acids is 1. The lowest BCUT2D eigenvalue weighted by molar-refractivity contribution is -0.144. The smallest absolute Gasteiger partial charge is 0.312 e. The van der Waals surface area contributed by atoms with E-state index in [1.54, 1.807) is 7.05 Å². The number of carbonyl (C=O) groups excluding carboxylic acids is 1. The van der Waals surface area contributed by atoms with Gasteiger partial charge in [-0.1, -0.05) is 6.42 Å². The molecule has 0 spiro atoms. The SMILES string of the molecule is CN(CC1CCC1)C(=O)CC(=O)O. The molecule has 1 N–H and O–H groups in total. The van der Waals surface area contributed by atoms with Gasteiger partial charge in [0.1, 0.15) is 6.42 Å². The molecule has 4 heteroatoms. The lowest BCUT2D eigenvalue weighted by atomic mass is 9.85. The van der Waals surface area contributed by atoms with Gasteiger partial charge in [0.15, 0.2) is 0 Å². The molecule has 1 rings (SSSR count). The largest absolute Gasteiger partial charge is 0.481 e. The van der Waals surface area contributed by atoms with Crippen molar-refractivity contribution in [3.8, 4) is 0 Å². The molecule has 0 saturated heterocycles. The minimum absolute atomic E-state index is 0.292. The Morgan fingerprint density at radius 2 is 2.08 bits per heavy atom. The van der Waals surface area contributed by atoms with Crippen LogP contribution in [0.15, 0.2) is 0 Å². The molecular weight excluding hydrogens is 170 g/mol. The molecule has 74 valence electrons. The van der Waals surface area contributed by atoms with E-state index in [9.17, 15) is 9.59 Å². The number of hydrogen-bond donors (Lipinski definition) is 1. The van der Waals surface area contributed by atoms with Gasteiger partial charge in [0.25, 0.3) is 0 Å². The van der Waals surface area contributed by atoms with Gasteiger partial charge in [-0.3, -0.25) is 9.59 Å². The number of nitrogens with zero attached hydrogens (tertiary/aromatic N) is 1. The van der Waals surface area contributed by atoms with Crippen LogP contribution in [0.3, 0.4) is 0 Å². The summed E-state index contributed by atoms with van der Waals surface area (Å²) in [5, 5.41) is 8.39. The van der Waals surface area contributed by atoms with E-state index in [-0.39, 0.29) is 12.3 Å². The standard InChI is InChI=1S/C9H15NO3/c1-10(6-7-3-2-4-7)8(11)5-9(12)13/h7H,2-6H2,1H3,(H,12,13). The second-order valence-corrected chi connectivity index (χ2v) is 3.64. The van der Waals surface area contributed by atoms with Crippen LogP contribution in [0.5, 0.6) is 0 Å². The third kappa shape index (κ3) is 3.05. The van der Waals surface area contributed by atoms with E-state index in [0.717, 1.165) is 0 Å². The van der Waals surface area contributed by atoms with Crippen LogP contribution in [0.25, 0.3) is 0 Å². The fourth-order valence-corrected chi connectivity index (χ4v) is 1.43. The van der Waals surface area contributed by atoms with Crippen molar-refractivity contribution in [2.45, 2.75) is 25.7 Å². The molecule has 0 aromatic carbocycles. The summed E-state index contributed by atoms with van der Waals surface area (Å²) in [6.07, 6.45) is 3.20. The van der Waals surface area contributed by atoms with E-state index in [4.69, 9.17) is 5.11 Å². The summed E-state index contributed by atoms with van der Waals surface area (Å²) in [6.45, 7) is 0.714. The summed E-state index contributed by atoms with van der Waals surface area (Å²) in [4.78, 5) is 22.9. The van der Waals surface area contributed by atoms with Crippen molar-refractivity contribution >= 4 is 11.9 Å². The lowest BCUT2D eigenvalue weighted by Crippen LogP contribution is -2.35. The summed E-state index contributed by atoms with van der Waals surface area (Å²) in [5.41, 5.74) is 0. The van der Waals surface area contributed by atoms with Crippen molar-refractivity contribution in [3.63, 3.8) is 0 Å². The van der Waals surface area contributed by atoms with Crippen LogP contribution in [0, 0.1) is 5.92 Å². The zero-order valence-corrected chi connectivity index (χ0v) is 7.82. The Hall–Kier alpha value is -1.06. The van der Waals surface area contributed by atoms with Crippen LogP contribution >= 0.6 is 0 Å². The third-order valence-electron chi connectivity index (χ3n) is 2.49. The summed E-state index contributed by atoms with van der Waals surface area (Å²) in [5.74, 6) is -0.743. The molecule has 1 amide bonds. The number of carbonyl (C=O) groups is 2. The van der Waals surface area contributed by atoms with Crippen LogP contribution in [0.1, 0.15) is 25.7 Å². The number of carboxylic acids is 1. The van der Waals surface area contributed by atoms with Crippen LogP contribution in [-0.4, -0.2) is 35.5 Å². The molecule has 0 aromatic rings. The second-order valence-electron chi connectivity index (χ2n) is 3.64. The predicted octanol–water partition coefficient (Wildman–Crippen LogP) is 0.720.